The molecule has 0 aromatic carbocycles. The van der Waals surface area contributed by atoms with Gasteiger partial charge in [0, 0.05) is 17.8 Å². The lowest BCUT2D eigenvalue weighted by molar-refractivity contribution is 0.413. The molecule has 1 atom stereocenters. The van der Waals surface area contributed by atoms with Gasteiger partial charge in [-0.3, -0.25) is 4.98 Å². The summed E-state index contributed by atoms with van der Waals surface area (Å²) in [4.78, 5) is 13.0. The lowest BCUT2D eigenvalue weighted by Crippen LogP contribution is -2.29. The first-order chi connectivity index (χ1) is 12.0. The van der Waals surface area contributed by atoms with Gasteiger partial charge in [0.1, 0.15) is 5.75 Å². The van der Waals surface area contributed by atoms with Gasteiger partial charge in [0.25, 0.3) is 0 Å². The van der Waals surface area contributed by atoms with Crippen molar-refractivity contribution in [2.45, 2.75) is 26.8 Å². The minimum absolute atomic E-state index is 0.0964. The molecule has 0 unspecified atom stereocenters. The Labute approximate surface area is 152 Å². The van der Waals surface area contributed by atoms with Crippen LogP contribution in [0.3, 0.4) is 0 Å². The standard InChI is InChI=1S/C17H23ClN6O/c1-5-7-21-17-16(18)23-14(10-24(17)19)12-8-13(11(3)20-6-2)22-9-15(12)25-4/h5,7-11,20H,6,19H2,1-4H3/b7-5+,21-17?/t11-/m1/s1. The Morgan fingerprint density at radius 3 is 2.88 bits per heavy atom. The van der Waals surface area contributed by atoms with Crippen LogP contribution in [0.5, 0.6) is 5.75 Å². The maximum absolute atomic E-state index is 6.26. The molecule has 0 bridgehead atoms. The van der Waals surface area contributed by atoms with Crippen molar-refractivity contribution in [2.24, 2.45) is 4.99 Å². The number of rotatable bonds is 6. The van der Waals surface area contributed by atoms with E-state index in [1.165, 1.54) is 4.68 Å². The predicted octanol–water partition coefficient (Wildman–Crippen LogP) is 2.43. The number of methoxy groups -OCH3 is 1. The highest BCUT2D eigenvalue weighted by atomic mass is 35.5. The number of halogens is 1. The second-order valence-corrected chi connectivity index (χ2v) is 5.71. The summed E-state index contributed by atoms with van der Waals surface area (Å²) >= 11 is 6.26. The Morgan fingerprint density at radius 2 is 2.28 bits per heavy atom. The van der Waals surface area contributed by atoms with Gasteiger partial charge < -0.3 is 15.9 Å². The largest absolute Gasteiger partial charge is 0.494 e. The Balaban J connectivity index is 2.59. The van der Waals surface area contributed by atoms with Crippen molar-refractivity contribution in [1.29, 1.82) is 0 Å². The fraction of sp³-hybridized carbons (Fsp3) is 0.353. The zero-order chi connectivity index (χ0) is 18.4. The molecule has 2 heterocycles. The summed E-state index contributed by atoms with van der Waals surface area (Å²) in [6.45, 7) is 6.80. The third-order valence-electron chi connectivity index (χ3n) is 3.59. The molecule has 134 valence electrons. The van der Waals surface area contributed by atoms with E-state index in [0.717, 1.165) is 17.8 Å². The molecule has 0 amide bonds. The monoisotopic (exact) mass is 362 g/mol. The van der Waals surface area contributed by atoms with E-state index in [1.807, 2.05) is 26.8 Å². The van der Waals surface area contributed by atoms with E-state index in [-0.39, 0.29) is 11.2 Å². The number of allylic oxidation sites excluding steroid dienone is 1. The van der Waals surface area contributed by atoms with Crippen molar-refractivity contribution >= 4 is 11.6 Å². The highest BCUT2D eigenvalue weighted by Crippen LogP contribution is 2.29. The molecule has 0 aliphatic rings. The van der Waals surface area contributed by atoms with E-state index in [0.29, 0.717) is 16.9 Å². The molecule has 25 heavy (non-hydrogen) atoms. The third kappa shape index (κ3) is 4.37. The summed E-state index contributed by atoms with van der Waals surface area (Å²) in [5.74, 6) is 6.63. The highest BCUT2D eigenvalue weighted by molar-refractivity contribution is 6.29. The predicted molar refractivity (Wildman–Crippen MR) is 99.6 cm³/mol. The van der Waals surface area contributed by atoms with Gasteiger partial charge in [0.05, 0.1) is 30.9 Å². The normalized spacial score (nSPS) is 13.4. The first-order valence-corrected chi connectivity index (χ1v) is 8.36. The number of nitrogens with zero attached hydrogens (tertiary/aromatic N) is 4. The third-order valence-corrected chi connectivity index (χ3v) is 3.85. The molecule has 0 aliphatic carbocycles. The first-order valence-electron chi connectivity index (χ1n) is 7.98. The molecule has 0 saturated heterocycles. The van der Waals surface area contributed by atoms with Crippen molar-refractivity contribution in [2.75, 3.05) is 19.5 Å². The van der Waals surface area contributed by atoms with Gasteiger partial charge in [-0.1, -0.05) is 24.6 Å². The highest BCUT2D eigenvalue weighted by Gasteiger charge is 2.15. The number of nitrogens with two attached hydrogens (primary N) is 1. The van der Waals surface area contributed by atoms with Gasteiger partial charge in [0.15, 0.2) is 10.6 Å². The van der Waals surface area contributed by atoms with E-state index >= 15 is 0 Å². The zero-order valence-electron chi connectivity index (χ0n) is 14.8. The SMILES string of the molecule is C/C=C/N=c1c(Cl)nc(-c2cc([C@@H](C)NCC)ncc2OC)cn1N. The van der Waals surface area contributed by atoms with Crippen LogP contribution in [-0.4, -0.2) is 28.3 Å². The Hall–Kier alpha value is -2.38. The van der Waals surface area contributed by atoms with Crippen LogP contribution in [0.1, 0.15) is 32.5 Å². The number of nitrogens with one attached hydrogen (secondary N) is 1. The molecular weight excluding hydrogens is 340 g/mol. The Bertz CT molecular complexity index is 804. The number of aromatic nitrogens is 3. The van der Waals surface area contributed by atoms with E-state index in [1.54, 1.807) is 31.8 Å². The summed E-state index contributed by atoms with van der Waals surface area (Å²) in [6.07, 6.45) is 6.72. The fourth-order valence-electron chi connectivity index (χ4n) is 2.35. The molecule has 2 aromatic rings. The molecule has 0 spiro atoms. The first kappa shape index (κ1) is 19.0. The molecule has 3 N–H and O–H groups in total. The van der Waals surface area contributed by atoms with E-state index in [4.69, 9.17) is 22.2 Å². The number of hydrogen-bond donors (Lipinski definition) is 2. The van der Waals surface area contributed by atoms with Crippen LogP contribution >= 0.6 is 11.6 Å². The van der Waals surface area contributed by atoms with Crippen molar-refractivity contribution in [1.82, 2.24) is 20.0 Å². The lowest BCUT2D eigenvalue weighted by atomic mass is 10.1. The summed E-state index contributed by atoms with van der Waals surface area (Å²) in [5.41, 5.74) is 2.59. The van der Waals surface area contributed by atoms with Crippen molar-refractivity contribution in [3.8, 4) is 17.0 Å². The summed E-state index contributed by atoms with van der Waals surface area (Å²) in [7, 11) is 1.59. The lowest BCUT2D eigenvalue weighted by Gasteiger charge is -2.15. The molecule has 0 fully saturated rings. The Kier molecular flexibility index (Phi) is 6.55. The van der Waals surface area contributed by atoms with Crippen LogP contribution in [0.25, 0.3) is 11.3 Å². The summed E-state index contributed by atoms with van der Waals surface area (Å²) < 4.78 is 6.76. The molecule has 0 radical (unpaired) electrons. The molecule has 8 heteroatoms. The van der Waals surface area contributed by atoms with Crippen LogP contribution in [0.4, 0.5) is 0 Å². The minimum Gasteiger partial charge on any atom is -0.494 e. The van der Waals surface area contributed by atoms with E-state index in [9.17, 15) is 0 Å². The van der Waals surface area contributed by atoms with Crippen LogP contribution < -0.4 is 21.4 Å². The Morgan fingerprint density at radius 1 is 1.52 bits per heavy atom. The van der Waals surface area contributed by atoms with Crippen LogP contribution in [0, 0.1) is 0 Å². The molecule has 0 saturated carbocycles. The molecule has 2 aromatic heterocycles. The second kappa shape index (κ2) is 8.64. The average Bonchev–Trinajstić information content (AvgIpc) is 2.60. The number of pyridine rings is 1. The van der Waals surface area contributed by atoms with Crippen LogP contribution in [-0.2, 0) is 0 Å². The number of hydrogen-bond acceptors (Lipinski definition) is 6. The van der Waals surface area contributed by atoms with Crippen molar-refractivity contribution in [3.63, 3.8) is 0 Å². The minimum atomic E-state index is 0.0964. The quantitative estimate of drug-likeness (QED) is 0.770. The van der Waals surface area contributed by atoms with E-state index in [2.05, 4.69) is 20.3 Å². The van der Waals surface area contributed by atoms with Gasteiger partial charge in [-0.2, -0.15) is 0 Å². The zero-order valence-corrected chi connectivity index (χ0v) is 15.6. The molecule has 7 nitrogen and oxygen atoms in total. The van der Waals surface area contributed by atoms with Gasteiger partial charge >= 0.3 is 0 Å². The van der Waals surface area contributed by atoms with Gasteiger partial charge in [0.2, 0.25) is 0 Å². The second-order valence-electron chi connectivity index (χ2n) is 5.35. The van der Waals surface area contributed by atoms with Gasteiger partial charge in [-0.25, -0.2) is 14.7 Å². The maximum Gasteiger partial charge on any atom is 0.189 e. The van der Waals surface area contributed by atoms with Crippen molar-refractivity contribution in [3.05, 3.63) is 47.1 Å². The van der Waals surface area contributed by atoms with Crippen LogP contribution in [0.2, 0.25) is 5.15 Å². The van der Waals surface area contributed by atoms with Crippen molar-refractivity contribution < 1.29 is 4.74 Å². The maximum atomic E-state index is 6.26. The smallest absolute Gasteiger partial charge is 0.189 e. The number of nitrogen functional groups attached to an aromatic ring is 1. The molecule has 2 rings (SSSR count). The van der Waals surface area contributed by atoms with Crippen LogP contribution in [0.15, 0.2) is 35.7 Å². The van der Waals surface area contributed by atoms with Gasteiger partial charge in [-0.05, 0) is 26.5 Å². The summed E-state index contributed by atoms with van der Waals surface area (Å²) in [6, 6.07) is 2.02. The number of ether oxygens (including phenoxy) is 1. The van der Waals surface area contributed by atoms with Gasteiger partial charge in [-0.15, -0.1) is 0 Å². The molecule has 0 aliphatic heterocycles. The van der Waals surface area contributed by atoms with E-state index < -0.39 is 0 Å². The summed E-state index contributed by atoms with van der Waals surface area (Å²) in [5, 5.41) is 3.54. The fourth-order valence-corrected chi connectivity index (χ4v) is 2.59. The molecular formula is C17H23ClN6O. The average molecular weight is 363 g/mol. The topological polar surface area (TPSA) is 90.4 Å².